The Kier molecular flexibility index (Phi) is 6.59. The fourth-order valence-electron chi connectivity index (χ4n) is 4.69. The van der Waals surface area contributed by atoms with Gasteiger partial charge in [0.05, 0.1) is 24.8 Å². The number of aryl methyl sites for hydroxylation is 1. The van der Waals surface area contributed by atoms with Crippen LogP contribution < -0.4 is 19.1 Å². The predicted octanol–water partition coefficient (Wildman–Crippen LogP) is 4.59. The summed E-state index contributed by atoms with van der Waals surface area (Å²) in [5.41, 5.74) is 1.90. The molecule has 0 bridgehead atoms. The minimum atomic E-state index is -0.939. The minimum absolute atomic E-state index is 0.0273. The molecule has 0 saturated carbocycles. The number of Topliss-reactive ketones (excluding diaryl/α,β-unsaturated/α-hetero) is 1. The number of benzene rings is 2. The average molecular weight is 522 g/mol. The van der Waals surface area contributed by atoms with E-state index >= 15 is 0 Å². The maximum atomic E-state index is 13.4. The lowest BCUT2D eigenvalue weighted by Crippen LogP contribution is -2.29. The Morgan fingerprint density at radius 2 is 1.86 bits per heavy atom. The molecular weight excluding hydrogens is 494 g/mol. The lowest BCUT2D eigenvalue weighted by molar-refractivity contribution is -0.132. The summed E-state index contributed by atoms with van der Waals surface area (Å²) in [5, 5.41) is 20.5. The van der Waals surface area contributed by atoms with E-state index in [1.165, 1.54) is 16.2 Å². The van der Waals surface area contributed by atoms with Gasteiger partial charge in [0.2, 0.25) is 5.13 Å². The highest BCUT2D eigenvalue weighted by Crippen LogP contribution is 2.45. The SMILES string of the molecule is CCOc1ccc([C@@H]2C(=C(O)c3ccc4c(c3)C[C@@H](C)O4)C(=O)C(=O)N2c2nnc(C)s2)cc1OCC. The van der Waals surface area contributed by atoms with E-state index in [-0.39, 0.29) is 22.6 Å². The third-order valence-electron chi connectivity index (χ3n) is 6.22. The molecule has 2 aromatic carbocycles. The number of anilines is 1. The quantitative estimate of drug-likeness (QED) is 0.273. The van der Waals surface area contributed by atoms with Crippen LogP contribution in [0.25, 0.3) is 5.76 Å². The number of fused-ring (bicyclic) bond motifs is 1. The highest BCUT2D eigenvalue weighted by Gasteiger charge is 2.48. The first-order valence-corrected chi connectivity index (χ1v) is 12.9. The van der Waals surface area contributed by atoms with Gasteiger partial charge in [0.25, 0.3) is 5.78 Å². The van der Waals surface area contributed by atoms with Crippen LogP contribution in [0.4, 0.5) is 5.13 Å². The Balaban J connectivity index is 1.69. The highest BCUT2D eigenvalue weighted by molar-refractivity contribution is 7.15. The summed E-state index contributed by atoms with van der Waals surface area (Å²) in [5.74, 6) is -0.0754. The highest BCUT2D eigenvalue weighted by atomic mass is 32.1. The van der Waals surface area contributed by atoms with Crippen molar-refractivity contribution >= 4 is 33.9 Å². The van der Waals surface area contributed by atoms with Crippen LogP contribution in [0.15, 0.2) is 42.0 Å². The third-order valence-corrected chi connectivity index (χ3v) is 7.06. The van der Waals surface area contributed by atoms with E-state index in [1.54, 1.807) is 43.3 Å². The van der Waals surface area contributed by atoms with Crippen molar-refractivity contribution in [2.45, 2.75) is 46.3 Å². The number of ether oxygens (including phenoxy) is 3. The van der Waals surface area contributed by atoms with Crippen LogP contribution in [0, 0.1) is 6.92 Å². The normalized spacial score (nSPS) is 20.2. The zero-order chi connectivity index (χ0) is 26.3. The summed E-state index contributed by atoms with van der Waals surface area (Å²) < 4.78 is 17.3. The van der Waals surface area contributed by atoms with E-state index in [2.05, 4.69) is 10.2 Å². The number of aromatic nitrogens is 2. The molecule has 3 heterocycles. The Hall–Kier alpha value is -3.92. The second-order valence-corrected chi connectivity index (χ2v) is 9.96. The number of hydrogen-bond donors (Lipinski definition) is 1. The van der Waals surface area contributed by atoms with Gasteiger partial charge in [0, 0.05) is 12.0 Å². The number of aliphatic hydroxyl groups is 1. The molecule has 1 saturated heterocycles. The van der Waals surface area contributed by atoms with Gasteiger partial charge in [-0.3, -0.25) is 14.5 Å². The summed E-state index contributed by atoms with van der Waals surface area (Å²) in [6.45, 7) is 8.31. The van der Waals surface area contributed by atoms with Gasteiger partial charge >= 0.3 is 5.91 Å². The Morgan fingerprint density at radius 3 is 2.57 bits per heavy atom. The fraction of sp³-hybridized carbons (Fsp3) is 0.333. The van der Waals surface area contributed by atoms with E-state index in [0.717, 1.165) is 11.3 Å². The Bertz CT molecular complexity index is 1410. The fourth-order valence-corrected chi connectivity index (χ4v) is 5.41. The molecular formula is C27H27N3O6S. The van der Waals surface area contributed by atoms with Crippen molar-refractivity contribution in [3.8, 4) is 17.2 Å². The summed E-state index contributed by atoms with van der Waals surface area (Å²) in [6.07, 6.45) is 0.717. The largest absolute Gasteiger partial charge is 0.507 e. The van der Waals surface area contributed by atoms with Gasteiger partial charge in [-0.05, 0) is 69.2 Å². The summed E-state index contributed by atoms with van der Waals surface area (Å²) in [4.78, 5) is 28.1. The average Bonchev–Trinajstić information content (AvgIpc) is 3.54. The first kappa shape index (κ1) is 24.8. The predicted molar refractivity (Wildman–Crippen MR) is 138 cm³/mol. The standard InChI is InChI=1S/C27H27N3O6S/c1-5-34-20-10-7-16(13-21(20)35-6-2)23-22(25(32)26(33)30(23)27-29-28-15(4)37-27)24(31)17-8-9-19-18(12-17)11-14(3)36-19/h7-10,12-14,23,31H,5-6,11H2,1-4H3/t14-,23-/m1/s1. The second-order valence-electron chi connectivity index (χ2n) is 8.80. The van der Waals surface area contributed by atoms with Crippen molar-refractivity contribution < 1.29 is 28.9 Å². The van der Waals surface area contributed by atoms with E-state index < -0.39 is 17.7 Å². The molecule has 3 aromatic rings. The van der Waals surface area contributed by atoms with Crippen LogP contribution in [0.1, 0.15) is 48.5 Å². The summed E-state index contributed by atoms with van der Waals surface area (Å²) in [7, 11) is 0. The van der Waals surface area contributed by atoms with Gasteiger partial charge in [0.1, 0.15) is 22.6 Å². The van der Waals surface area contributed by atoms with Crippen molar-refractivity contribution in [1.82, 2.24) is 10.2 Å². The van der Waals surface area contributed by atoms with Crippen molar-refractivity contribution in [3.05, 3.63) is 63.7 Å². The Morgan fingerprint density at radius 1 is 1.11 bits per heavy atom. The number of carbonyl (C=O) groups is 2. The Labute approximate surface area is 218 Å². The lowest BCUT2D eigenvalue weighted by Gasteiger charge is -2.23. The third kappa shape index (κ3) is 4.42. The number of aliphatic hydroxyl groups excluding tert-OH is 1. The van der Waals surface area contributed by atoms with Crippen LogP contribution in [-0.2, 0) is 16.0 Å². The topological polar surface area (TPSA) is 111 Å². The molecule has 2 atom stereocenters. The van der Waals surface area contributed by atoms with Gasteiger partial charge < -0.3 is 19.3 Å². The van der Waals surface area contributed by atoms with E-state index in [4.69, 9.17) is 14.2 Å². The number of ketones is 1. The van der Waals surface area contributed by atoms with E-state index in [0.29, 0.717) is 47.3 Å². The maximum Gasteiger partial charge on any atom is 0.301 e. The lowest BCUT2D eigenvalue weighted by atomic mass is 9.94. The minimum Gasteiger partial charge on any atom is -0.507 e. The number of hydrogen-bond acceptors (Lipinski definition) is 9. The number of carbonyl (C=O) groups excluding carboxylic acids is 2. The smallest absolute Gasteiger partial charge is 0.301 e. The first-order chi connectivity index (χ1) is 17.8. The van der Waals surface area contributed by atoms with Crippen LogP contribution in [-0.4, -0.2) is 46.3 Å². The maximum absolute atomic E-state index is 13.4. The molecule has 1 amide bonds. The molecule has 1 aromatic heterocycles. The van der Waals surface area contributed by atoms with E-state index in [9.17, 15) is 14.7 Å². The molecule has 1 N–H and O–H groups in total. The van der Waals surface area contributed by atoms with Gasteiger partial charge in [-0.1, -0.05) is 17.4 Å². The van der Waals surface area contributed by atoms with Crippen molar-refractivity contribution in [3.63, 3.8) is 0 Å². The molecule has 0 radical (unpaired) electrons. The van der Waals surface area contributed by atoms with Gasteiger partial charge in [-0.15, -0.1) is 10.2 Å². The van der Waals surface area contributed by atoms with Gasteiger partial charge in [-0.2, -0.15) is 0 Å². The zero-order valence-corrected chi connectivity index (χ0v) is 21.8. The molecule has 5 rings (SSSR count). The van der Waals surface area contributed by atoms with E-state index in [1.807, 2.05) is 20.8 Å². The summed E-state index contributed by atoms with van der Waals surface area (Å²) in [6, 6.07) is 9.56. The van der Waals surface area contributed by atoms with Crippen LogP contribution in [0.2, 0.25) is 0 Å². The van der Waals surface area contributed by atoms with Gasteiger partial charge in [-0.25, -0.2) is 0 Å². The summed E-state index contributed by atoms with van der Waals surface area (Å²) >= 11 is 1.19. The monoisotopic (exact) mass is 521 g/mol. The molecule has 2 aliphatic rings. The van der Waals surface area contributed by atoms with Crippen molar-refractivity contribution in [2.75, 3.05) is 18.1 Å². The van der Waals surface area contributed by atoms with Crippen LogP contribution in [0.5, 0.6) is 17.2 Å². The van der Waals surface area contributed by atoms with Crippen molar-refractivity contribution in [1.29, 1.82) is 0 Å². The molecule has 192 valence electrons. The molecule has 1 fully saturated rings. The number of rotatable bonds is 7. The molecule has 9 nitrogen and oxygen atoms in total. The second kappa shape index (κ2) is 9.85. The van der Waals surface area contributed by atoms with Gasteiger partial charge in [0.15, 0.2) is 11.5 Å². The van der Waals surface area contributed by atoms with Crippen LogP contribution in [0.3, 0.4) is 0 Å². The van der Waals surface area contributed by atoms with Crippen LogP contribution >= 0.6 is 11.3 Å². The molecule has 10 heteroatoms. The molecule has 2 aliphatic heterocycles. The zero-order valence-electron chi connectivity index (χ0n) is 21.0. The van der Waals surface area contributed by atoms with Crippen molar-refractivity contribution in [2.24, 2.45) is 0 Å². The number of amides is 1. The molecule has 0 spiro atoms. The molecule has 0 aliphatic carbocycles. The number of nitrogens with zero attached hydrogens (tertiary/aromatic N) is 3. The molecule has 0 unspecified atom stereocenters. The first-order valence-electron chi connectivity index (χ1n) is 12.1. The molecule has 37 heavy (non-hydrogen) atoms.